The Kier molecular flexibility index (Phi) is 4.24. The van der Waals surface area contributed by atoms with Gasteiger partial charge in [-0.2, -0.15) is 0 Å². The van der Waals surface area contributed by atoms with E-state index < -0.39 is 0 Å². The first kappa shape index (κ1) is 17.4. The summed E-state index contributed by atoms with van der Waals surface area (Å²) in [4.78, 5) is 2.38. The molecule has 1 aliphatic heterocycles. The van der Waals surface area contributed by atoms with Gasteiger partial charge in [0.15, 0.2) is 0 Å². The maximum atomic E-state index is 10.9. The highest BCUT2D eigenvalue weighted by Gasteiger charge is 2.37. The summed E-state index contributed by atoms with van der Waals surface area (Å²) in [6, 6.07) is 6.30. The van der Waals surface area contributed by atoms with E-state index in [4.69, 9.17) is 11.6 Å². The van der Waals surface area contributed by atoms with Gasteiger partial charge in [-0.3, -0.25) is 0 Å². The van der Waals surface area contributed by atoms with Crippen LogP contribution in [0.2, 0.25) is 0 Å². The van der Waals surface area contributed by atoms with Crippen molar-refractivity contribution in [2.45, 2.75) is 58.9 Å². The summed E-state index contributed by atoms with van der Waals surface area (Å²) in [5.41, 5.74) is 4.87. The molecule has 0 unspecified atom stereocenters. The predicted octanol–water partition coefficient (Wildman–Crippen LogP) is 5.92. The maximum Gasteiger partial charge on any atom is 0.125 e. The van der Waals surface area contributed by atoms with E-state index in [-0.39, 0.29) is 5.54 Å². The van der Waals surface area contributed by atoms with E-state index in [0.717, 1.165) is 17.6 Å². The van der Waals surface area contributed by atoms with Crippen LogP contribution in [-0.2, 0) is 0 Å². The highest BCUT2D eigenvalue weighted by atomic mass is 35.5. The summed E-state index contributed by atoms with van der Waals surface area (Å²) < 4.78 is 0. The first-order chi connectivity index (χ1) is 11.2. The van der Waals surface area contributed by atoms with Gasteiger partial charge in [-0.05, 0) is 55.7 Å². The van der Waals surface area contributed by atoms with E-state index in [1.807, 2.05) is 6.07 Å². The molecular weight excluding hydrogens is 318 g/mol. The van der Waals surface area contributed by atoms with Crippen molar-refractivity contribution in [1.82, 2.24) is 0 Å². The molecule has 0 aliphatic carbocycles. The SMILES string of the molecule is Cc1ccc(C(C)C)c2c(O)cc3c(c12)[C@H](CCl)CN3C(C)(C)C. The van der Waals surface area contributed by atoms with E-state index >= 15 is 0 Å². The zero-order valence-electron chi connectivity index (χ0n) is 15.6. The van der Waals surface area contributed by atoms with Crippen LogP contribution in [0.4, 0.5) is 5.69 Å². The van der Waals surface area contributed by atoms with Gasteiger partial charge in [-0.25, -0.2) is 0 Å². The van der Waals surface area contributed by atoms with Crippen molar-refractivity contribution in [1.29, 1.82) is 0 Å². The minimum absolute atomic E-state index is 0.000755. The molecule has 24 heavy (non-hydrogen) atoms. The Morgan fingerprint density at radius 3 is 2.46 bits per heavy atom. The van der Waals surface area contributed by atoms with Gasteiger partial charge in [-0.15, -0.1) is 11.6 Å². The highest BCUT2D eigenvalue weighted by molar-refractivity contribution is 6.19. The zero-order chi connectivity index (χ0) is 17.8. The summed E-state index contributed by atoms with van der Waals surface area (Å²) in [7, 11) is 0. The summed E-state index contributed by atoms with van der Waals surface area (Å²) in [6.45, 7) is 14.0. The number of hydrogen-bond donors (Lipinski definition) is 1. The average molecular weight is 346 g/mol. The number of alkyl halides is 1. The first-order valence-electron chi connectivity index (χ1n) is 8.79. The van der Waals surface area contributed by atoms with Crippen molar-refractivity contribution in [3.8, 4) is 5.75 Å². The topological polar surface area (TPSA) is 23.5 Å². The molecule has 0 bridgehead atoms. The van der Waals surface area contributed by atoms with Crippen LogP contribution < -0.4 is 4.90 Å². The van der Waals surface area contributed by atoms with E-state index in [9.17, 15) is 5.11 Å². The Hall–Kier alpha value is -1.41. The molecule has 1 heterocycles. The second-order valence-electron chi connectivity index (χ2n) is 8.34. The average Bonchev–Trinajstić information content (AvgIpc) is 2.85. The van der Waals surface area contributed by atoms with Gasteiger partial charge in [0.25, 0.3) is 0 Å². The van der Waals surface area contributed by atoms with Crippen molar-refractivity contribution in [2.24, 2.45) is 0 Å². The van der Waals surface area contributed by atoms with Gasteiger partial charge in [-0.1, -0.05) is 26.0 Å². The number of phenols is 1. The second kappa shape index (κ2) is 5.84. The molecule has 2 nitrogen and oxygen atoms in total. The van der Waals surface area contributed by atoms with Crippen LogP contribution in [-0.4, -0.2) is 23.1 Å². The largest absolute Gasteiger partial charge is 0.507 e. The van der Waals surface area contributed by atoms with Crippen LogP contribution in [0.25, 0.3) is 10.8 Å². The molecule has 0 amide bonds. The van der Waals surface area contributed by atoms with Crippen LogP contribution in [0, 0.1) is 6.92 Å². The maximum absolute atomic E-state index is 10.9. The number of halogens is 1. The number of aryl methyl sites for hydroxylation is 1. The summed E-state index contributed by atoms with van der Waals surface area (Å²) in [6.07, 6.45) is 0. The smallest absolute Gasteiger partial charge is 0.125 e. The minimum atomic E-state index is -0.000755. The standard InChI is InChI=1S/C21H28ClNO/c1-12(2)15-8-7-13(3)18-19-14(10-22)11-23(21(4,5)6)16(19)9-17(24)20(15)18/h7-9,12,14,24H,10-11H2,1-6H3/t14-/m1/s1. The van der Waals surface area contributed by atoms with Gasteiger partial charge in [0.05, 0.1) is 0 Å². The Morgan fingerprint density at radius 2 is 1.92 bits per heavy atom. The molecule has 2 aromatic rings. The second-order valence-corrected chi connectivity index (χ2v) is 8.65. The van der Waals surface area contributed by atoms with Crippen molar-refractivity contribution in [2.75, 3.05) is 17.3 Å². The molecule has 0 saturated heterocycles. The monoisotopic (exact) mass is 345 g/mol. The van der Waals surface area contributed by atoms with Crippen LogP contribution in [0.1, 0.15) is 63.1 Å². The van der Waals surface area contributed by atoms with E-state index in [1.54, 1.807) is 0 Å². The first-order valence-corrected chi connectivity index (χ1v) is 9.33. The molecule has 0 fully saturated rings. The molecule has 1 atom stereocenters. The quantitative estimate of drug-likeness (QED) is 0.683. The van der Waals surface area contributed by atoms with E-state index in [1.165, 1.54) is 22.1 Å². The lowest BCUT2D eigenvalue weighted by atomic mass is 9.87. The summed E-state index contributed by atoms with van der Waals surface area (Å²) in [5.74, 6) is 1.66. The summed E-state index contributed by atoms with van der Waals surface area (Å²) >= 11 is 6.36. The number of fused-ring (bicyclic) bond motifs is 3. The van der Waals surface area contributed by atoms with Crippen molar-refractivity contribution >= 4 is 28.1 Å². The van der Waals surface area contributed by atoms with E-state index in [0.29, 0.717) is 23.5 Å². The van der Waals surface area contributed by atoms with Crippen molar-refractivity contribution < 1.29 is 5.11 Å². The van der Waals surface area contributed by atoms with Gasteiger partial charge in [0, 0.05) is 41.0 Å². The summed E-state index contributed by atoms with van der Waals surface area (Å²) in [5, 5.41) is 13.1. The molecule has 1 N–H and O–H groups in total. The number of phenolic OH excluding ortho intramolecular Hbond substituents is 1. The molecule has 130 valence electrons. The lowest BCUT2D eigenvalue weighted by Gasteiger charge is -2.35. The van der Waals surface area contributed by atoms with Crippen molar-refractivity contribution in [3.63, 3.8) is 0 Å². The highest BCUT2D eigenvalue weighted by Crippen LogP contribution is 2.49. The van der Waals surface area contributed by atoms with Crippen molar-refractivity contribution in [3.05, 3.63) is 34.9 Å². The number of rotatable bonds is 2. The number of hydrogen-bond acceptors (Lipinski definition) is 2. The third-order valence-electron chi connectivity index (χ3n) is 5.24. The van der Waals surface area contributed by atoms with E-state index in [2.05, 4.69) is 58.6 Å². The Labute approximate surface area is 150 Å². The lowest BCUT2D eigenvalue weighted by molar-refractivity contribution is 0.479. The lowest BCUT2D eigenvalue weighted by Crippen LogP contribution is -2.40. The van der Waals surface area contributed by atoms with Gasteiger partial charge >= 0.3 is 0 Å². The third-order valence-corrected chi connectivity index (χ3v) is 5.61. The Morgan fingerprint density at radius 1 is 1.25 bits per heavy atom. The predicted molar refractivity (Wildman–Crippen MR) is 105 cm³/mol. The fraction of sp³-hybridized carbons (Fsp3) is 0.524. The molecule has 0 aromatic heterocycles. The van der Waals surface area contributed by atoms with Crippen LogP contribution in [0.3, 0.4) is 0 Å². The normalized spacial score (nSPS) is 17.8. The fourth-order valence-corrected chi connectivity index (χ4v) is 4.29. The van der Waals surface area contributed by atoms with Crippen LogP contribution >= 0.6 is 11.6 Å². The minimum Gasteiger partial charge on any atom is -0.507 e. The number of benzene rings is 2. The molecular formula is C21H28ClNO. The fourth-order valence-electron chi connectivity index (χ4n) is 4.04. The van der Waals surface area contributed by atoms with Gasteiger partial charge in [0.1, 0.15) is 5.75 Å². The Balaban J connectivity index is 2.42. The van der Waals surface area contributed by atoms with Gasteiger partial charge in [0.2, 0.25) is 0 Å². The van der Waals surface area contributed by atoms with Crippen LogP contribution in [0.15, 0.2) is 18.2 Å². The molecule has 2 aromatic carbocycles. The number of anilines is 1. The molecule has 0 radical (unpaired) electrons. The molecule has 3 rings (SSSR count). The third kappa shape index (κ3) is 2.56. The molecule has 1 aliphatic rings. The molecule has 0 spiro atoms. The molecule has 3 heteroatoms. The molecule has 0 saturated carbocycles. The number of aromatic hydroxyl groups is 1. The van der Waals surface area contributed by atoms with Gasteiger partial charge < -0.3 is 10.0 Å². The zero-order valence-corrected chi connectivity index (χ0v) is 16.3. The Bertz CT molecular complexity index is 789. The van der Waals surface area contributed by atoms with Crippen LogP contribution in [0.5, 0.6) is 5.75 Å². The number of nitrogens with zero attached hydrogens (tertiary/aromatic N) is 1.